The van der Waals surface area contributed by atoms with E-state index in [4.69, 9.17) is 5.11 Å². The van der Waals surface area contributed by atoms with E-state index in [-0.39, 0.29) is 12.3 Å². The van der Waals surface area contributed by atoms with Gasteiger partial charge in [-0.3, -0.25) is 9.59 Å². The zero-order chi connectivity index (χ0) is 13.9. The minimum Gasteiger partial charge on any atom is -0.481 e. The highest BCUT2D eigenvalue weighted by molar-refractivity contribution is 7.10. The first-order chi connectivity index (χ1) is 8.24. The zero-order valence-corrected chi connectivity index (χ0v) is 12.0. The summed E-state index contributed by atoms with van der Waals surface area (Å²) in [6.07, 6.45) is -0.153. The van der Waals surface area contributed by atoms with Gasteiger partial charge in [-0.2, -0.15) is 0 Å². The molecule has 0 unspecified atom stereocenters. The molecule has 0 aromatic carbocycles. The predicted molar refractivity (Wildman–Crippen MR) is 71.6 cm³/mol. The molecule has 100 valence electrons. The van der Waals surface area contributed by atoms with E-state index >= 15 is 0 Å². The van der Waals surface area contributed by atoms with Crippen LogP contribution in [0.15, 0.2) is 11.4 Å². The fourth-order valence-electron chi connectivity index (χ4n) is 1.82. The van der Waals surface area contributed by atoms with Gasteiger partial charge in [-0.1, -0.05) is 13.8 Å². The number of aryl methyl sites for hydroxylation is 1. The smallest absolute Gasteiger partial charge is 0.304 e. The van der Waals surface area contributed by atoms with Crippen molar-refractivity contribution >= 4 is 23.2 Å². The van der Waals surface area contributed by atoms with E-state index in [0.717, 1.165) is 10.4 Å². The Hall–Kier alpha value is -1.36. The van der Waals surface area contributed by atoms with Gasteiger partial charge in [-0.25, -0.2) is 0 Å². The Morgan fingerprint density at radius 1 is 1.44 bits per heavy atom. The standard InChI is InChI=1S/C13H19NO3S/c1-9-5-6-18-10(9)8-14(4)12(17)13(2,3)7-11(15)16/h5-6H,7-8H2,1-4H3,(H,15,16). The number of carboxylic acids is 1. The Labute approximate surface area is 111 Å². The maximum Gasteiger partial charge on any atom is 0.304 e. The highest BCUT2D eigenvalue weighted by atomic mass is 32.1. The second-order valence-corrected chi connectivity index (χ2v) is 6.14. The first kappa shape index (κ1) is 14.7. The Kier molecular flexibility index (Phi) is 4.51. The van der Waals surface area contributed by atoms with Crippen molar-refractivity contribution in [1.29, 1.82) is 0 Å². The van der Waals surface area contributed by atoms with E-state index < -0.39 is 11.4 Å². The summed E-state index contributed by atoms with van der Waals surface area (Å²) in [5, 5.41) is 10.8. The first-order valence-corrected chi connectivity index (χ1v) is 6.62. The summed E-state index contributed by atoms with van der Waals surface area (Å²) >= 11 is 1.61. The lowest BCUT2D eigenvalue weighted by molar-refractivity contribution is -0.148. The number of nitrogens with zero attached hydrogens (tertiary/aromatic N) is 1. The largest absolute Gasteiger partial charge is 0.481 e. The SMILES string of the molecule is Cc1ccsc1CN(C)C(=O)C(C)(C)CC(=O)O. The number of carboxylic acid groups (broad SMARTS) is 1. The Morgan fingerprint density at radius 3 is 2.50 bits per heavy atom. The molecule has 0 aliphatic carbocycles. The van der Waals surface area contributed by atoms with Crippen LogP contribution in [-0.4, -0.2) is 28.9 Å². The van der Waals surface area contributed by atoms with E-state index in [1.54, 1.807) is 37.1 Å². The molecule has 0 bridgehead atoms. The van der Waals surface area contributed by atoms with E-state index in [9.17, 15) is 9.59 Å². The molecule has 18 heavy (non-hydrogen) atoms. The van der Waals surface area contributed by atoms with Gasteiger partial charge >= 0.3 is 5.97 Å². The van der Waals surface area contributed by atoms with Gasteiger partial charge in [0.05, 0.1) is 18.4 Å². The van der Waals surface area contributed by atoms with Gasteiger partial charge < -0.3 is 10.0 Å². The van der Waals surface area contributed by atoms with Crippen molar-refractivity contribution in [3.8, 4) is 0 Å². The number of carbonyl (C=O) groups is 2. The van der Waals surface area contributed by atoms with Crippen molar-refractivity contribution in [3.63, 3.8) is 0 Å². The first-order valence-electron chi connectivity index (χ1n) is 5.74. The summed E-state index contributed by atoms with van der Waals surface area (Å²) in [4.78, 5) is 25.7. The second-order valence-electron chi connectivity index (χ2n) is 5.14. The van der Waals surface area contributed by atoms with Gasteiger partial charge in [0.15, 0.2) is 0 Å². The quantitative estimate of drug-likeness (QED) is 0.893. The topological polar surface area (TPSA) is 57.6 Å². The fraction of sp³-hybridized carbons (Fsp3) is 0.538. The minimum atomic E-state index is -0.950. The van der Waals surface area contributed by atoms with Crippen LogP contribution in [0.5, 0.6) is 0 Å². The molecule has 0 spiro atoms. The molecule has 1 aromatic rings. The second kappa shape index (κ2) is 5.52. The predicted octanol–water partition coefficient (Wildman–Crippen LogP) is 2.52. The van der Waals surface area contributed by atoms with Crippen molar-refractivity contribution in [2.75, 3.05) is 7.05 Å². The fourth-order valence-corrected chi connectivity index (χ4v) is 2.78. The van der Waals surface area contributed by atoms with Gasteiger partial charge in [-0.15, -0.1) is 11.3 Å². The van der Waals surface area contributed by atoms with Crippen molar-refractivity contribution in [3.05, 3.63) is 21.9 Å². The summed E-state index contributed by atoms with van der Waals surface area (Å²) in [6, 6.07) is 2.01. The molecule has 0 saturated heterocycles. The summed E-state index contributed by atoms with van der Waals surface area (Å²) in [7, 11) is 1.71. The molecular formula is C13H19NO3S. The Bertz CT molecular complexity index is 451. The van der Waals surface area contributed by atoms with E-state index in [0.29, 0.717) is 6.54 Å². The number of thiophene rings is 1. The highest BCUT2D eigenvalue weighted by Gasteiger charge is 2.33. The summed E-state index contributed by atoms with van der Waals surface area (Å²) in [5.74, 6) is -1.09. The summed E-state index contributed by atoms with van der Waals surface area (Å²) < 4.78 is 0. The van der Waals surface area contributed by atoms with Gasteiger partial charge in [0, 0.05) is 11.9 Å². The van der Waals surface area contributed by atoms with Crippen molar-refractivity contribution < 1.29 is 14.7 Å². The van der Waals surface area contributed by atoms with Crippen LogP contribution in [0.4, 0.5) is 0 Å². The molecule has 1 heterocycles. The third-order valence-electron chi connectivity index (χ3n) is 2.87. The third-order valence-corrected chi connectivity index (χ3v) is 3.88. The Morgan fingerprint density at radius 2 is 2.06 bits per heavy atom. The van der Waals surface area contributed by atoms with Crippen LogP contribution in [-0.2, 0) is 16.1 Å². The number of hydrogen-bond acceptors (Lipinski definition) is 3. The molecule has 0 fully saturated rings. The van der Waals surface area contributed by atoms with Crippen LogP contribution in [0.3, 0.4) is 0 Å². The van der Waals surface area contributed by atoms with Crippen LogP contribution in [0, 0.1) is 12.3 Å². The van der Waals surface area contributed by atoms with Crippen LogP contribution in [0.25, 0.3) is 0 Å². The molecule has 0 radical (unpaired) electrons. The molecule has 0 aliphatic rings. The van der Waals surface area contributed by atoms with E-state index in [1.807, 2.05) is 18.4 Å². The molecule has 1 N–H and O–H groups in total. The molecule has 0 saturated carbocycles. The number of amides is 1. The molecule has 1 aromatic heterocycles. The van der Waals surface area contributed by atoms with Crippen LogP contribution >= 0.6 is 11.3 Å². The van der Waals surface area contributed by atoms with Crippen molar-refractivity contribution in [2.24, 2.45) is 5.41 Å². The highest BCUT2D eigenvalue weighted by Crippen LogP contribution is 2.25. The van der Waals surface area contributed by atoms with Crippen molar-refractivity contribution in [2.45, 2.75) is 33.7 Å². The summed E-state index contributed by atoms with van der Waals surface area (Å²) in [5.41, 5.74) is 0.293. The average molecular weight is 269 g/mol. The number of aliphatic carboxylic acids is 1. The van der Waals surface area contributed by atoms with Gasteiger partial charge in [0.2, 0.25) is 5.91 Å². The van der Waals surface area contributed by atoms with Gasteiger partial charge in [0.25, 0.3) is 0 Å². The maximum atomic E-state index is 12.2. The normalized spacial score (nSPS) is 11.3. The maximum absolute atomic E-state index is 12.2. The molecular weight excluding hydrogens is 250 g/mol. The lowest BCUT2D eigenvalue weighted by atomic mass is 9.87. The average Bonchev–Trinajstić information content (AvgIpc) is 2.61. The van der Waals surface area contributed by atoms with Crippen LogP contribution < -0.4 is 0 Å². The zero-order valence-electron chi connectivity index (χ0n) is 11.2. The minimum absolute atomic E-state index is 0.141. The van der Waals surface area contributed by atoms with Gasteiger partial charge in [-0.05, 0) is 23.9 Å². The molecule has 0 aliphatic heterocycles. The van der Waals surface area contributed by atoms with E-state index in [2.05, 4.69) is 0 Å². The molecule has 1 amide bonds. The molecule has 0 atom stereocenters. The number of hydrogen-bond donors (Lipinski definition) is 1. The summed E-state index contributed by atoms with van der Waals surface area (Å²) in [6.45, 7) is 5.88. The Balaban J connectivity index is 2.72. The van der Waals surface area contributed by atoms with Crippen LogP contribution in [0.2, 0.25) is 0 Å². The molecule has 4 nitrogen and oxygen atoms in total. The van der Waals surface area contributed by atoms with E-state index in [1.165, 1.54) is 0 Å². The number of carbonyl (C=O) groups excluding carboxylic acids is 1. The molecule has 1 rings (SSSR count). The monoisotopic (exact) mass is 269 g/mol. The number of rotatable bonds is 5. The molecule has 5 heteroatoms. The lowest BCUT2D eigenvalue weighted by Crippen LogP contribution is -2.39. The van der Waals surface area contributed by atoms with Crippen LogP contribution in [0.1, 0.15) is 30.7 Å². The van der Waals surface area contributed by atoms with Gasteiger partial charge in [0.1, 0.15) is 0 Å². The lowest BCUT2D eigenvalue weighted by Gasteiger charge is -2.28. The third kappa shape index (κ3) is 3.57. The van der Waals surface area contributed by atoms with Crippen molar-refractivity contribution in [1.82, 2.24) is 4.90 Å².